The number of pyridine rings is 1. The molecule has 0 unspecified atom stereocenters. The molecule has 0 aliphatic heterocycles. The maximum atomic E-state index is 5.49. The minimum Gasteiger partial charge on any atom is -0.296 e. The number of fused-ring (bicyclic) bond motifs is 1. The van der Waals surface area contributed by atoms with E-state index < -0.39 is 0 Å². The fraction of sp³-hybridized carbons (Fsp3) is 0.353. The molecule has 0 radical (unpaired) electrons. The van der Waals surface area contributed by atoms with Gasteiger partial charge in [0.25, 0.3) is 0 Å². The van der Waals surface area contributed by atoms with Crippen molar-refractivity contribution in [1.82, 2.24) is 19.7 Å². The van der Waals surface area contributed by atoms with Crippen LogP contribution >= 0.6 is 12.2 Å². The van der Waals surface area contributed by atoms with Crippen LogP contribution in [0.25, 0.3) is 22.3 Å². The highest BCUT2D eigenvalue weighted by Gasteiger charge is 2.22. The first kappa shape index (κ1) is 13.6. The Morgan fingerprint density at radius 3 is 2.77 bits per heavy atom. The average Bonchev–Trinajstić information content (AvgIpc) is 2.96. The van der Waals surface area contributed by atoms with Gasteiger partial charge in [0, 0.05) is 17.6 Å². The number of aromatic amines is 1. The predicted octanol–water partition coefficient (Wildman–Crippen LogP) is 4.66. The largest absolute Gasteiger partial charge is 0.296 e. The Morgan fingerprint density at radius 2 is 1.91 bits per heavy atom. The van der Waals surface area contributed by atoms with E-state index in [1.165, 1.54) is 37.5 Å². The number of hydrogen-bond donors (Lipinski definition) is 1. The molecule has 2 aromatic heterocycles. The van der Waals surface area contributed by atoms with Crippen LogP contribution in [-0.4, -0.2) is 19.7 Å². The third kappa shape index (κ3) is 2.25. The molecule has 1 N–H and O–H groups in total. The van der Waals surface area contributed by atoms with E-state index in [2.05, 4.69) is 31.9 Å². The molecule has 5 heteroatoms. The molecule has 112 valence electrons. The molecular formula is C17H18N4S. The summed E-state index contributed by atoms with van der Waals surface area (Å²) in [4.78, 5) is 4.60. The molecule has 22 heavy (non-hydrogen) atoms. The Bertz CT molecular complexity index is 853. The number of rotatable bonds is 2. The maximum absolute atomic E-state index is 5.49. The highest BCUT2D eigenvalue weighted by molar-refractivity contribution is 7.71. The fourth-order valence-electron chi connectivity index (χ4n) is 3.45. The van der Waals surface area contributed by atoms with E-state index in [4.69, 9.17) is 12.2 Å². The van der Waals surface area contributed by atoms with E-state index in [1.54, 1.807) is 0 Å². The number of benzene rings is 1. The van der Waals surface area contributed by atoms with Gasteiger partial charge in [-0.05, 0) is 36.5 Å². The van der Waals surface area contributed by atoms with Crippen molar-refractivity contribution in [3.05, 3.63) is 41.3 Å². The Kier molecular flexibility index (Phi) is 3.50. The second-order valence-electron chi connectivity index (χ2n) is 5.89. The Labute approximate surface area is 134 Å². The lowest BCUT2D eigenvalue weighted by atomic mass is 9.95. The molecule has 4 nitrogen and oxygen atoms in total. The lowest BCUT2D eigenvalue weighted by molar-refractivity contribution is 0.352. The minimum atomic E-state index is 0.441. The van der Waals surface area contributed by atoms with Crippen LogP contribution in [0, 0.1) is 4.77 Å². The van der Waals surface area contributed by atoms with Gasteiger partial charge in [-0.15, -0.1) is 0 Å². The molecule has 0 atom stereocenters. The van der Waals surface area contributed by atoms with Crippen molar-refractivity contribution in [3.8, 4) is 11.5 Å². The van der Waals surface area contributed by atoms with Crippen LogP contribution in [0.4, 0.5) is 0 Å². The quantitative estimate of drug-likeness (QED) is 0.700. The molecule has 0 saturated heterocycles. The Morgan fingerprint density at radius 1 is 1.09 bits per heavy atom. The molecule has 1 aromatic carbocycles. The van der Waals surface area contributed by atoms with Gasteiger partial charge in [0.15, 0.2) is 10.6 Å². The molecule has 4 rings (SSSR count). The van der Waals surface area contributed by atoms with Crippen LogP contribution in [0.3, 0.4) is 0 Å². The van der Waals surface area contributed by atoms with Crippen LogP contribution in [0.15, 0.2) is 36.5 Å². The molecule has 1 fully saturated rings. The number of aromatic nitrogens is 4. The van der Waals surface area contributed by atoms with Crippen LogP contribution < -0.4 is 0 Å². The van der Waals surface area contributed by atoms with Gasteiger partial charge in [-0.3, -0.25) is 14.6 Å². The van der Waals surface area contributed by atoms with Crippen LogP contribution in [0.1, 0.15) is 38.1 Å². The van der Waals surface area contributed by atoms with E-state index in [0.717, 1.165) is 16.9 Å². The van der Waals surface area contributed by atoms with Gasteiger partial charge >= 0.3 is 0 Å². The van der Waals surface area contributed by atoms with Crippen LogP contribution in [-0.2, 0) is 0 Å². The van der Waals surface area contributed by atoms with Crippen LogP contribution in [0.5, 0.6) is 0 Å². The smallest absolute Gasteiger partial charge is 0.195 e. The van der Waals surface area contributed by atoms with Crippen molar-refractivity contribution >= 4 is 23.0 Å². The summed E-state index contributed by atoms with van der Waals surface area (Å²) < 4.78 is 2.89. The topological polar surface area (TPSA) is 46.5 Å². The van der Waals surface area contributed by atoms with Crippen molar-refractivity contribution in [3.63, 3.8) is 0 Å². The van der Waals surface area contributed by atoms with E-state index in [-0.39, 0.29) is 0 Å². The maximum Gasteiger partial charge on any atom is 0.195 e. The third-order valence-electron chi connectivity index (χ3n) is 4.53. The minimum absolute atomic E-state index is 0.441. The van der Waals surface area contributed by atoms with Gasteiger partial charge in [-0.1, -0.05) is 43.5 Å². The standard InChI is InChI=1S/C17H18N4S/c22-17-20-19-16(21(17)13-7-2-1-3-8-13)15-14-9-5-4-6-12(14)10-11-18-15/h4-6,9-11,13H,1-3,7-8H2,(H,20,22). The van der Waals surface area contributed by atoms with Gasteiger partial charge in [0.1, 0.15) is 5.69 Å². The summed E-state index contributed by atoms with van der Waals surface area (Å²) in [7, 11) is 0. The lowest BCUT2D eigenvalue weighted by Gasteiger charge is -2.24. The molecule has 1 aliphatic carbocycles. The molecule has 2 heterocycles. The summed E-state index contributed by atoms with van der Waals surface area (Å²) in [6, 6.07) is 10.8. The van der Waals surface area contributed by atoms with Crippen molar-refractivity contribution in [1.29, 1.82) is 0 Å². The van der Waals surface area contributed by atoms with Crippen molar-refractivity contribution < 1.29 is 0 Å². The fourth-order valence-corrected chi connectivity index (χ4v) is 3.73. The first-order valence-electron chi connectivity index (χ1n) is 7.85. The van der Waals surface area contributed by atoms with E-state index in [1.807, 2.05) is 24.4 Å². The second kappa shape index (κ2) is 5.65. The number of hydrogen-bond acceptors (Lipinski definition) is 3. The Hall–Kier alpha value is -2.01. The second-order valence-corrected chi connectivity index (χ2v) is 6.28. The van der Waals surface area contributed by atoms with Gasteiger partial charge < -0.3 is 0 Å². The van der Waals surface area contributed by atoms with Crippen LogP contribution in [0.2, 0.25) is 0 Å². The summed E-state index contributed by atoms with van der Waals surface area (Å²) in [5.74, 6) is 0.869. The molecule has 3 aromatic rings. The summed E-state index contributed by atoms with van der Waals surface area (Å²) in [6.45, 7) is 0. The van der Waals surface area contributed by atoms with E-state index in [0.29, 0.717) is 10.8 Å². The van der Waals surface area contributed by atoms with Gasteiger partial charge in [-0.25, -0.2) is 0 Å². The summed E-state index contributed by atoms with van der Waals surface area (Å²) >= 11 is 5.49. The first-order valence-corrected chi connectivity index (χ1v) is 8.26. The van der Waals surface area contributed by atoms with E-state index in [9.17, 15) is 0 Å². The van der Waals surface area contributed by atoms with Gasteiger partial charge in [-0.2, -0.15) is 5.10 Å². The predicted molar refractivity (Wildman–Crippen MR) is 90.3 cm³/mol. The molecule has 0 spiro atoms. The molecule has 1 saturated carbocycles. The number of nitrogens with zero attached hydrogens (tertiary/aromatic N) is 3. The van der Waals surface area contributed by atoms with Crippen molar-refractivity contribution in [2.75, 3.05) is 0 Å². The van der Waals surface area contributed by atoms with Crippen molar-refractivity contribution in [2.24, 2.45) is 0 Å². The Balaban J connectivity index is 1.90. The molecule has 0 bridgehead atoms. The summed E-state index contributed by atoms with van der Waals surface area (Å²) in [6.07, 6.45) is 8.04. The first-order chi connectivity index (χ1) is 10.8. The highest BCUT2D eigenvalue weighted by atomic mass is 32.1. The number of H-pyrrole nitrogens is 1. The van der Waals surface area contributed by atoms with E-state index >= 15 is 0 Å². The SMILES string of the molecule is S=c1[nH]nc(-c2nccc3ccccc23)n1C1CCCCC1. The zero-order valence-corrected chi connectivity index (χ0v) is 13.1. The van der Waals surface area contributed by atoms with Crippen molar-refractivity contribution in [2.45, 2.75) is 38.1 Å². The highest BCUT2D eigenvalue weighted by Crippen LogP contribution is 2.33. The normalized spacial score (nSPS) is 16.2. The zero-order chi connectivity index (χ0) is 14.9. The monoisotopic (exact) mass is 310 g/mol. The van der Waals surface area contributed by atoms with Gasteiger partial charge in [0.2, 0.25) is 0 Å². The molecular weight excluding hydrogens is 292 g/mol. The number of nitrogens with one attached hydrogen (secondary N) is 1. The summed E-state index contributed by atoms with van der Waals surface area (Å²) in [5.41, 5.74) is 0.913. The molecule has 1 aliphatic rings. The lowest BCUT2D eigenvalue weighted by Crippen LogP contribution is -2.14. The zero-order valence-electron chi connectivity index (χ0n) is 12.3. The average molecular weight is 310 g/mol. The molecule has 0 amide bonds. The third-order valence-corrected chi connectivity index (χ3v) is 4.82. The summed E-state index contributed by atoms with van der Waals surface area (Å²) in [5, 5.41) is 9.77. The van der Waals surface area contributed by atoms with Gasteiger partial charge in [0.05, 0.1) is 0 Å².